The van der Waals surface area contributed by atoms with Gasteiger partial charge in [0.1, 0.15) is 23.8 Å². The maximum absolute atomic E-state index is 13.1. The molecule has 2 aliphatic heterocycles. The number of carbonyl (C=O) groups excluding carboxylic acids is 4. The highest BCUT2D eigenvalue weighted by molar-refractivity contribution is 6.61. The molecule has 0 saturated heterocycles. The summed E-state index contributed by atoms with van der Waals surface area (Å²) in [4.78, 5) is 60.7. The number of amides is 3. The fourth-order valence-electron chi connectivity index (χ4n) is 8.67. The van der Waals surface area contributed by atoms with Crippen LogP contribution in [0.5, 0.6) is 0 Å². The van der Waals surface area contributed by atoms with E-state index in [4.69, 9.17) is 26.3 Å². The van der Waals surface area contributed by atoms with Gasteiger partial charge in [-0.1, -0.05) is 6.92 Å². The van der Waals surface area contributed by atoms with Crippen molar-refractivity contribution in [3.05, 3.63) is 118 Å². The maximum Gasteiger partial charge on any atom is 0.414 e. The monoisotopic (exact) mass is 955 g/mol. The van der Waals surface area contributed by atoms with Crippen LogP contribution < -0.4 is 20.9 Å². The fourth-order valence-corrected chi connectivity index (χ4v) is 8.80. The molecule has 4 heterocycles. The summed E-state index contributed by atoms with van der Waals surface area (Å²) in [5.74, 6) is 0.860. The van der Waals surface area contributed by atoms with Crippen LogP contribution in [0.2, 0.25) is 0 Å². The fraction of sp³-hybridized carbons (Fsp3) is 0.500. The number of fused-ring (bicyclic) bond motifs is 6. The van der Waals surface area contributed by atoms with E-state index in [0.29, 0.717) is 47.5 Å². The van der Waals surface area contributed by atoms with Gasteiger partial charge in [0.2, 0.25) is 0 Å². The van der Waals surface area contributed by atoms with Gasteiger partial charge in [-0.15, -0.1) is 0 Å². The molecule has 3 amide bonds. The lowest BCUT2D eigenvalue weighted by molar-refractivity contribution is 0.0930. The number of nitrogens with zero attached hydrogens (tertiary/aromatic N) is 4. The summed E-state index contributed by atoms with van der Waals surface area (Å²) in [7, 11) is 0. The first-order chi connectivity index (χ1) is 32.5. The van der Waals surface area contributed by atoms with E-state index in [9.17, 15) is 28.0 Å². The van der Waals surface area contributed by atoms with Crippen LogP contribution in [0.15, 0.2) is 72.8 Å². The quantitative estimate of drug-likeness (QED) is 0.124. The number of halogens is 3. The number of pyridine rings is 2. The molecule has 6 atom stereocenters. The highest BCUT2D eigenvalue weighted by atomic mass is 35.5. The smallest absolute Gasteiger partial charge is 0.414 e. The van der Waals surface area contributed by atoms with Crippen molar-refractivity contribution in [1.82, 2.24) is 25.5 Å². The lowest BCUT2D eigenvalue weighted by atomic mass is 10.1. The molecule has 364 valence electrons. The second-order valence-corrected chi connectivity index (χ2v) is 19.4. The van der Waals surface area contributed by atoms with E-state index < -0.39 is 5.43 Å². The van der Waals surface area contributed by atoms with Gasteiger partial charge in [-0.2, -0.15) is 0 Å². The molecule has 13 nitrogen and oxygen atoms in total. The van der Waals surface area contributed by atoms with E-state index in [1.54, 1.807) is 4.90 Å². The molecule has 0 bridgehead atoms. The van der Waals surface area contributed by atoms with Crippen LogP contribution in [-0.4, -0.2) is 82.1 Å². The van der Waals surface area contributed by atoms with Crippen LogP contribution in [0.1, 0.15) is 154 Å². The standard InChI is InChI=1S/C22H22FN3O3.C18H18FN3O.C8H19N.C4H5ClO2/c1-12(24-21(27)13-2-4-15(23)5-3-13)18-8-9-19-20(25-18)17-10-14(17)11-26(19)22(28)29-16-6-7-16;1-10(21-18(23)11-2-4-13(19)5-3-11)15-6-7-16-17(22-15)14-8-12(14)9-20-16;1-6-9(7(2)3)8(4)5;5-4(6)7-3-1-2-3/h2-5,8-9,12,14,16-17H,6-7,10-11H2,1H3,(H,24,27);2-7,10,12,14,20H,8-9H2,1H3,(H,21,23);7-8H,6H2,1-5H3;3H,1-2H2. The van der Waals surface area contributed by atoms with Crippen LogP contribution in [0.3, 0.4) is 0 Å². The van der Waals surface area contributed by atoms with Crippen LogP contribution in [-0.2, 0) is 9.47 Å². The Labute approximate surface area is 403 Å². The molecular weight excluding hydrogens is 892 g/mol. The maximum atomic E-state index is 13.1. The first-order valence-electron chi connectivity index (χ1n) is 24.0. The van der Waals surface area contributed by atoms with Gasteiger partial charge in [-0.25, -0.2) is 18.4 Å². The van der Waals surface area contributed by atoms with Gasteiger partial charge in [-0.3, -0.25) is 29.4 Å². The van der Waals surface area contributed by atoms with Gasteiger partial charge >= 0.3 is 11.5 Å². The summed E-state index contributed by atoms with van der Waals surface area (Å²) in [6.07, 6.45) is 6.01. The van der Waals surface area contributed by atoms with Crippen LogP contribution >= 0.6 is 11.6 Å². The van der Waals surface area contributed by atoms with Crippen molar-refractivity contribution < 1.29 is 37.4 Å². The van der Waals surface area contributed by atoms with E-state index in [1.807, 2.05) is 38.1 Å². The highest BCUT2D eigenvalue weighted by Crippen LogP contribution is 2.54. The summed E-state index contributed by atoms with van der Waals surface area (Å²) >= 11 is 4.85. The lowest BCUT2D eigenvalue weighted by Crippen LogP contribution is -2.37. The van der Waals surface area contributed by atoms with Crippen LogP contribution in [0.4, 0.5) is 29.7 Å². The molecule has 6 unspecified atom stereocenters. The van der Waals surface area contributed by atoms with Crippen LogP contribution in [0, 0.1) is 23.5 Å². The third-order valence-electron chi connectivity index (χ3n) is 13.0. The molecule has 6 aliphatic rings. The Hall–Kier alpha value is -5.67. The largest absolute Gasteiger partial charge is 0.450 e. The molecule has 68 heavy (non-hydrogen) atoms. The van der Waals surface area contributed by atoms with Crippen molar-refractivity contribution >= 4 is 46.3 Å². The normalized spacial score (nSPS) is 20.9. The minimum Gasteiger partial charge on any atom is -0.450 e. The Balaban J connectivity index is 0.000000155. The molecule has 2 aromatic carbocycles. The zero-order valence-electron chi connectivity index (χ0n) is 39.9. The molecular formula is C52H64ClF2N7O6. The number of nitrogens with one attached hydrogen (secondary N) is 3. The third kappa shape index (κ3) is 13.5. The van der Waals surface area contributed by atoms with Gasteiger partial charge < -0.3 is 25.4 Å². The highest BCUT2D eigenvalue weighted by Gasteiger charge is 2.49. The SMILES string of the molecule is CC(NC(=O)c1ccc(F)cc1)c1ccc2c(n1)C1CC1CN2.CC(NC(=O)c1ccc(F)cc1)c1ccc2c(n1)C1CC1CN2C(=O)OC1CC1.CCN(C(C)C)C(C)C.O=C(Cl)OC1CC1. The zero-order chi connectivity index (χ0) is 48.8. The topological polar surface area (TPSA) is 155 Å². The van der Waals surface area contributed by atoms with Crippen molar-refractivity contribution in [3.8, 4) is 0 Å². The molecule has 4 fully saturated rings. The van der Waals surface area contributed by atoms with E-state index in [1.165, 1.54) is 55.0 Å². The zero-order valence-corrected chi connectivity index (χ0v) is 40.7. The van der Waals surface area contributed by atoms with Gasteiger partial charge in [0.25, 0.3) is 11.8 Å². The number of anilines is 2. The molecule has 4 aromatic rings. The molecule has 10 rings (SSSR count). The number of hydrogen-bond acceptors (Lipinski definition) is 10. The summed E-state index contributed by atoms with van der Waals surface area (Å²) in [6, 6.07) is 19.6. The van der Waals surface area contributed by atoms with Gasteiger partial charge in [0, 0.05) is 59.7 Å². The van der Waals surface area contributed by atoms with E-state index in [-0.39, 0.29) is 53.8 Å². The molecule has 4 saturated carbocycles. The number of carbonyl (C=O) groups is 4. The average Bonchev–Trinajstić information content (AvgIpc) is 4.07. The Morgan fingerprint density at radius 2 is 1.19 bits per heavy atom. The predicted molar refractivity (Wildman–Crippen MR) is 258 cm³/mol. The van der Waals surface area contributed by atoms with Crippen LogP contribution in [0.25, 0.3) is 0 Å². The Morgan fingerprint density at radius 3 is 1.66 bits per heavy atom. The lowest BCUT2D eigenvalue weighted by Gasteiger charge is -2.28. The minimum atomic E-state index is -0.678. The number of hydrogen-bond donors (Lipinski definition) is 3. The molecule has 4 aliphatic carbocycles. The minimum absolute atomic E-state index is 0.0665. The Kier molecular flexibility index (Phi) is 16.4. The molecule has 3 N–H and O–H groups in total. The van der Waals surface area contributed by atoms with Crippen molar-refractivity contribution in [2.75, 3.05) is 29.9 Å². The van der Waals surface area contributed by atoms with Crippen molar-refractivity contribution in [3.63, 3.8) is 0 Å². The Morgan fingerprint density at radius 1 is 0.706 bits per heavy atom. The number of ether oxygens (including phenoxy) is 2. The Bertz CT molecular complexity index is 2410. The molecule has 0 radical (unpaired) electrons. The summed E-state index contributed by atoms with van der Waals surface area (Å²) in [6.45, 7) is 17.8. The summed E-state index contributed by atoms with van der Waals surface area (Å²) in [5, 5.41) is 9.24. The van der Waals surface area contributed by atoms with E-state index in [2.05, 4.69) is 60.2 Å². The first kappa shape index (κ1) is 50.2. The number of aromatic nitrogens is 2. The second-order valence-electron chi connectivity index (χ2n) is 19.1. The van der Waals surface area contributed by atoms with E-state index >= 15 is 0 Å². The molecule has 2 aromatic heterocycles. The second kappa shape index (κ2) is 22.2. The van der Waals surface area contributed by atoms with Gasteiger partial charge in [0.15, 0.2) is 0 Å². The molecule has 0 spiro atoms. The molecule has 16 heteroatoms. The summed E-state index contributed by atoms with van der Waals surface area (Å²) in [5.41, 5.74) is 5.72. The van der Waals surface area contributed by atoms with Gasteiger partial charge in [0.05, 0.1) is 46.2 Å². The summed E-state index contributed by atoms with van der Waals surface area (Å²) < 4.78 is 36.0. The average molecular weight is 957 g/mol. The van der Waals surface area contributed by atoms with Crippen molar-refractivity contribution in [2.24, 2.45) is 11.8 Å². The first-order valence-corrected chi connectivity index (χ1v) is 24.4. The third-order valence-corrected chi connectivity index (χ3v) is 13.1. The van der Waals surface area contributed by atoms with Crippen molar-refractivity contribution in [1.29, 1.82) is 0 Å². The predicted octanol–water partition coefficient (Wildman–Crippen LogP) is 10.8. The van der Waals surface area contributed by atoms with E-state index in [0.717, 1.165) is 85.3 Å². The van der Waals surface area contributed by atoms with Crippen molar-refractivity contribution in [2.45, 2.75) is 135 Å². The number of benzene rings is 2. The van der Waals surface area contributed by atoms with Gasteiger partial charge in [-0.05, 0) is 171 Å². The number of rotatable bonds is 11.